The Morgan fingerprint density at radius 3 is 2.59 bits per heavy atom. The van der Waals surface area contributed by atoms with Crippen LogP contribution in [0.1, 0.15) is 15.9 Å². The molecule has 2 aromatic carbocycles. The van der Waals surface area contributed by atoms with E-state index in [0.717, 1.165) is 6.08 Å². The van der Waals surface area contributed by atoms with Gasteiger partial charge in [0.05, 0.1) is 0 Å². The first-order valence-electron chi connectivity index (χ1n) is 7.81. The molecule has 0 spiro atoms. The molecule has 0 fully saturated rings. The SMILES string of the molecule is O=C(/C=C/c1ccccc1NC(=O)c1conc1-c1ccc(Cl)cc1)NO. The molecule has 1 aromatic heterocycles. The number of anilines is 1. The summed E-state index contributed by atoms with van der Waals surface area (Å²) < 4.78 is 4.97. The van der Waals surface area contributed by atoms with Gasteiger partial charge < -0.3 is 9.84 Å². The number of benzene rings is 2. The summed E-state index contributed by atoms with van der Waals surface area (Å²) in [6, 6.07) is 13.8. The van der Waals surface area contributed by atoms with Crippen LogP contribution in [0.25, 0.3) is 17.3 Å². The molecule has 0 bridgehead atoms. The third kappa shape index (κ3) is 4.41. The van der Waals surface area contributed by atoms with Gasteiger partial charge in [-0.2, -0.15) is 0 Å². The highest BCUT2D eigenvalue weighted by Crippen LogP contribution is 2.25. The van der Waals surface area contributed by atoms with Crippen LogP contribution in [0.15, 0.2) is 65.4 Å². The van der Waals surface area contributed by atoms with Gasteiger partial charge in [0, 0.05) is 22.3 Å². The number of halogens is 1. The number of nitrogens with one attached hydrogen (secondary N) is 2. The van der Waals surface area contributed by atoms with Crippen molar-refractivity contribution < 1.29 is 19.3 Å². The van der Waals surface area contributed by atoms with E-state index in [-0.39, 0.29) is 5.56 Å². The van der Waals surface area contributed by atoms with E-state index in [2.05, 4.69) is 10.5 Å². The van der Waals surface area contributed by atoms with Crippen molar-refractivity contribution in [2.45, 2.75) is 0 Å². The quantitative estimate of drug-likeness (QED) is 0.353. The van der Waals surface area contributed by atoms with Crippen LogP contribution in [-0.4, -0.2) is 22.2 Å². The average Bonchev–Trinajstić information content (AvgIpc) is 3.17. The molecule has 0 atom stereocenters. The van der Waals surface area contributed by atoms with Gasteiger partial charge in [-0.1, -0.05) is 47.1 Å². The maximum Gasteiger partial charge on any atom is 0.267 e. The van der Waals surface area contributed by atoms with Gasteiger partial charge in [0.25, 0.3) is 11.8 Å². The van der Waals surface area contributed by atoms with E-state index in [1.54, 1.807) is 48.5 Å². The van der Waals surface area contributed by atoms with Crippen LogP contribution in [0.4, 0.5) is 5.69 Å². The molecule has 8 heteroatoms. The highest BCUT2D eigenvalue weighted by molar-refractivity contribution is 6.30. The number of nitrogens with zero attached hydrogens (tertiary/aromatic N) is 1. The Balaban J connectivity index is 1.85. The third-order valence-electron chi connectivity index (χ3n) is 3.67. The van der Waals surface area contributed by atoms with Gasteiger partial charge in [-0.25, -0.2) is 5.48 Å². The molecule has 0 aliphatic carbocycles. The fourth-order valence-electron chi connectivity index (χ4n) is 2.36. The van der Waals surface area contributed by atoms with Gasteiger partial charge in [-0.15, -0.1) is 0 Å². The zero-order valence-electron chi connectivity index (χ0n) is 13.8. The second kappa shape index (κ2) is 8.31. The summed E-state index contributed by atoms with van der Waals surface area (Å²) in [6.45, 7) is 0. The van der Waals surface area contributed by atoms with Crippen LogP contribution >= 0.6 is 11.6 Å². The van der Waals surface area contributed by atoms with Crippen molar-refractivity contribution >= 4 is 35.2 Å². The van der Waals surface area contributed by atoms with Gasteiger partial charge in [0.2, 0.25) is 0 Å². The molecule has 0 aliphatic heterocycles. The standard InChI is InChI=1S/C19H14ClN3O4/c20-14-8-5-13(6-9-14)18-15(11-27-23-18)19(25)21-16-4-2-1-3-12(16)7-10-17(24)22-26/h1-11,26H,(H,21,25)(H,22,24)/b10-7+. The molecule has 136 valence electrons. The van der Waals surface area contributed by atoms with E-state index in [1.165, 1.54) is 17.8 Å². The lowest BCUT2D eigenvalue weighted by Gasteiger charge is -2.08. The van der Waals surface area contributed by atoms with E-state index in [1.807, 2.05) is 0 Å². The third-order valence-corrected chi connectivity index (χ3v) is 3.92. The topological polar surface area (TPSA) is 104 Å². The van der Waals surface area contributed by atoms with Crippen molar-refractivity contribution in [1.82, 2.24) is 10.6 Å². The van der Waals surface area contributed by atoms with Crippen molar-refractivity contribution in [1.29, 1.82) is 0 Å². The molecule has 0 saturated heterocycles. The summed E-state index contributed by atoms with van der Waals surface area (Å²) >= 11 is 5.89. The summed E-state index contributed by atoms with van der Waals surface area (Å²) in [7, 11) is 0. The minimum Gasteiger partial charge on any atom is -0.363 e. The molecule has 0 unspecified atom stereocenters. The van der Waals surface area contributed by atoms with Crippen molar-refractivity contribution in [3.63, 3.8) is 0 Å². The molecule has 0 saturated carbocycles. The molecule has 2 amide bonds. The van der Waals surface area contributed by atoms with Gasteiger partial charge in [-0.05, 0) is 29.8 Å². The van der Waals surface area contributed by atoms with Gasteiger partial charge in [-0.3, -0.25) is 14.8 Å². The lowest BCUT2D eigenvalue weighted by atomic mass is 10.1. The Bertz CT molecular complexity index is 996. The average molecular weight is 384 g/mol. The molecule has 0 aliphatic rings. The second-order valence-electron chi connectivity index (χ2n) is 5.43. The highest BCUT2D eigenvalue weighted by Gasteiger charge is 2.18. The van der Waals surface area contributed by atoms with Crippen LogP contribution in [-0.2, 0) is 4.79 Å². The van der Waals surface area contributed by atoms with Crippen LogP contribution < -0.4 is 10.8 Å². The van der Waals surface area contributed by atoms with E-state index in [4.69, 9.17) is 21.3 Å². The summed E-state index contributed by atoms with van der Waals surface area (Å²) in [5.41, 5.74) is 3.89. The number of para-hydroxylation sites is 1. The minimum absolute atomic E-state index is 0.254. The smallest absolute Gasteiger partial charge is 0.267 e. The summed E-state index contributed by atoms with van der Waals surface area (Å²) in [5, 5.41) is 15.8. The zero-order valence-corrected chi connectivity index (χ0v) is 14.6. The predicted octanol–water partition coefficient (Wildman–Crippen LogP) is 3.77. The second-order valence-corrected chi connectivity index (χ2v) is 5.87. The number of carbonyl (C=O) groups is 2. The van der Waals surface area contributed by atoms with Crippen molar-refractivity contribution in [3.05, 3.63) is 77.0 Å². The number of aromatic nitrogens is 1. The first kappa shape index (κ1) is 18.4. The van der Waals surface area contributed by atoms with Crippen molar-refractivity contribution in [2.24, 2.45) is 0 Å². The van der Waals surface area contributed by atoms with E-state index >= 15 is 0 Å². The molecule has 7 nitrogen and oxygen atoms in total. The van der Waals surface area contributed by atoms with Crippen molar-refractivity contribution in [2.75, 3.05) is 5.32 Å². The van der Waals surface area contributed by atoms with Gasteiger partial charge in [0.15, 0.2) is 0 Å². The lowest BCUT2D eigenvalue weighted by Crippen LogP contribution is -2.15. The number of hydrogen-bond donors (Lipinski definition) is 3. The van der Waals surface area contributed by atoms with Gasteiger partial charge >= 0.3 is 0 Å². The largest absolute Gasteiger partial charge is 0.363 e. The van der Waals surface area contributed by atoms with Crippen LogP contribution in [0.3, 0.4) is 0 Å². The molecular weight excluding hydrogens is 370 g/mol. The van der Waals surface area contributed by atoms with Crippen LogP contribution in [0.5, 0.6) is 0 Å². The van der Waals surface area contributed by atoms with Crippen LogP contribution in [0.2, 0.25) is 5.02 Å². The van der Waals surface area contributed by atoms with E-state index in [9.17, 15) is 9.59 Å². The minimum atomic E-state index is -0.680. The predicted molar refractivity (Wildman–Crippen MR) is 100 cm³/mol. The number of hydrogen-bond acceptors (Lipinski definition) is 5. The van der Waals surface area contributed by atoms with E-state index in [0.29, 0.717) is 27.5 Å². The Morgan fingerprint density at radius 2 is 1.85 bits per heavy atom. The summed E-state index contributed by atoms with van der Waals surface area (Å²) in [4.78, 5) is 23.9. The number of amides is 2. The highest BCUT2D eigenvalue weighted by atomic mass is 35.5. The van der Waals surface area contributed by atoms with Crippen LogP contribution in [0, 0.1) is 0 Å². The number of rotatable bonds is 5. The van der Waals surface area contributed by atoms with Gasteiger partial charge in [0.1, 0.15) is 17.5 Å². The Kier molecular flexibility index (Phi) is 5.65. The molecule has 27 heavy (non-hydrogen) atoms. The normalized spacial score (nSPS) is 10.7. The number of carbonyl (C=O) groups excluding carboxylic acids is 2. The molecule has 0 radical (unpaired) electrons. The lowest BCUT2D eigenvalue weighted by molar-refractivity contribution is -0.124. The fourth-order valence-corrected chi connectivity index (χ4v) is 2.49. The Morgan fingerprint density at radius 1 is 1.11 bits per heavy atom. The maximum absolute atomic E-state index is 12.7. The summed E-state index contributed by atoms with van der Waals surface area (Å²) in [5.74, 6) is -1.10. The maximum atomic E-state index is 12.7. The first-order chi connectivity index (χ1) is 13.1. The van der Waals surface area contributed by atoms with E-state index < -0.39 is 11.8 Å². The first-order valence-corrected chi connectivity index (χ1v) is 8.19. The molecule has 3 N–H and O–H groups in total. The molecular formula is C19H14ClN3O4. The summed E-state index contributed by atoms with van der Waals surface area (Å²) in [6.07, 6.45) is 3.87. The number of hydroxylamine groups is 1. The zero-order chi connectivity index (χ0) is 19.2. The molecule has 3 aromatic rings. The molecule has 1 heterocycles. The van der Waals surface area contributed by atoms with Crippen molar-refractivity contribution in [3.8, 4) is 11.3 Å². The fraction of sp³-hybridized carbons (Fsp3) is 0. The monoisotopic (exact) mass is 383 g/mol. The Labute approximate surface area is 159 Å². The molecule has 3 rings (SSSR count). The Hall–Kier alpha value is -3.42.